The summed E-state index contributed by atoms with van der Waals surface area (Å²) in [6.07, 6.45) is 0. The third-order valence-corrected chi connectivity index (χ3v) is 2.45. The van der Waals surface area contributed by atoms with E-state index in [1.165, 1.54) is 0 Å². The number of ether oxygens (including phenoxy) is 1. The van der Waals surface area contributed by atoms with Gasteiger partial charge in [-0.15, -0.1) is 0 Å². The van der Waals surface area contributed by atoms with E-state index in [0.717, 1.165) is 5.56 Å². The summed E-state index contributed by atoms with van der Waals surface area (Å²) in [5, 5.41) is 8.93. The lowest BCUT2D eigenvalue weighted by atomic mass is 9.95. The fraction of sp³-hybridized carbons (Fsp3) is 0.417. The summed E-state index contributed by atoms with van der Waals surface area (Å²) in [4.78, 5) is 10.9. The van der Waals surface area contributed by atoms with Gasteiger partial charge in [0.15, 0.2) is 0 Å². The van der Waals surface area contributed by atoms with Crippen molar-refractivity contribution < 1.29 is 14.6 Å². The number of carboxylic acids is 1. The Hall–Kier alpha value is -1.71. The lowest BCUT2D eigenvalue weighted by molar-refractivity contribution is -0.148. The Labute approximate surface area is 95.0 Å². The molecule has 1 aromatic carbocycles. The second-order valence-corrected chi connectivity index (χ2v) is 4.46. The van der Waals surface area contributed by atoms with Crippen LogP contribution in [0.4, 0.5) is 5.69 Å². The van der Waals surface area contributed by atoms with Gasteiger partial charge < -0.3 is 15.6 Å². The molecule has 0 saturated heterocycles. The summed E-state index contributed by atoms with van der Waals surface area (Å²) >= 11 is 0. The largest absolute Gasteiger partial charge is 0.490 e. The van der Waals surface area contributed by atoms with E-state index in [1.54, 1.807) is 19.9 Å². The van der Waals surface area contributed by atoms with Gasteiger partial charge in [-0.3, -0.25) is 4.79 Å². The quantitative estimate of drug-likeness (QED) is 0.766. The number of anilines is 1. The van der Waals surface area contributed by atoms with E-state index in [0.29, 0.717) is 11.4 Å². The SMILES string of the molecule is Cc1cccc(OCC(C)(C)C(=O)O)c1N. The second kappa shape index (κ2) is 4.43. The summed E-state index contributed by atoms with van der Waals surface area (Å²) < 4.78 is 5.44. The zero-order valence-corrected chi connectivity index (χ0v) is 9.78. The molecular weight excluding hydrogens is 206 g/mol. The maximum atomic E-state index is 10.9. The van der Waals surface area contributed by atoms with Crippen LogP contribution in [0.2, 0.25) is 0 Å². The van der Waals surface area contributed by atoms with Crippen LogP contribution in [0.1, 0.15) is 19.4 Å². The van der Waals surface area contributed by atoms with Crippen LogP contribution in [0.5, 0.6) is 5.75 Å². The smallest absolute Gasteiger partial charge is 0.312 e. The lowest BCUT2D eigenvalue weighted by Crippen LogP contribution is -2.30. The highest BCUT2D eigenvalue weighted by Gasteiger charge is 2.28. The molecule has 0 unspecified atom stereocenters. The summed E-state index contributed by atoms with van der Waals surface area (Å²) in [7, 11) is 0. The Balaban J connectivity index is 2.76. The van der Waals surface area contributed by atoms with E-state index >= 15 is 0 Å². The Morgan fingerprint density at radius 3 is 2.69 bits per heavy atom. The van der Waals surface area contributed by atoms with Crippen molar-refractivity contribution in [1.29, 1.82) is 0 Å². The minimum absolute atomic E-state index is 0.0932. The average Bonchev–Trinajstić information content (AvgIpc) is 2.20. The molecule has 0 aliphatic rings. The van der Waals surface area contributed by atoms with Crippen molar-refractivity contribution in [3.8, 4) is 5.75 Å². The van der Waals surface area contributed by atoms with Crippen LogP contribution in [-0.2, 0) is 4.79 Å². The van der Waals surface area contributed by atoms with Gasteiger partial charge in [-0.25, -0.2) is 0 Å². The molecule has 0 atom stereocenters. The van der Waals surface area contributed by atoms with Crippen LogP contribution in [0.3, 0.4) is 0 Å². The number of carboxylic acid groups (broad SMARTS) is 1. The molecule has 1 aromatic rings. The predicted octanol–water partition coefficient (Wildman–Crippen LogP) is 2.07. The predicted molar refractivity (Wildman–Crippen MR) is 62.5 cm³/mol. The molecule has 0 aromatic heterocycles. The minimum atomic E-state index is -0.920. The highest BCUT2D eigenvalue weighted by atomic mass is 16.5. The molecular formula is C12H17NO3. The zero-order valence-electron chi connectivity index (χ0n) is 9.78. The first-order valence-corrected chi connectivity index (χ1v) is 5.06. The number of nitrogen functional groups attached to an aromatic ring is 1. The van der Waals surface area contributed by atoms with Crippen molar-refractivity contribution in [2.45, 2.75) is 20.8 Å². The standard InChI is InChI=1S/C12H17NO3/c1-8-5-4-6-9(10(8)13)16-7-12(2,3)11(14)15/h4-6H,7,13H2,1-3H3,(H,14,15). The summed E-state index contributed by atoms with van der Waals surface area (Å²) in [6.45, 7) is 5.20. The molecule has 88 valence electrons. The molecule has 0 spiro atoms. The van der Waals surface area contributed by atoms with E-state index in [9.17, 15) is 4.79 Å². The van der Waals surface area contributed by atoms with Crippen LogP contribution in [-0.4, -0.2) is 17.7 Å². The number of benzene rings is 1. The first-order valence-electron chi connectivity index (χ1n) is 5.06. The van der Waals surface area contributed by atoms with Crippen molar-refractivity contribution in [3.63, 3.8) is 0 Å². The second-order valence-electron chi connectivity index (χ2n) is 4.46. The van der Waals surface area contributed by atoms with Gasteiger partial charge in [-0.2, -0.15) is 0 Å². The Bertz CT molecular complexity index is 399. The molecule has 4 heteroatoms. The van der Waals surface area contributed by atoms with Crippen LogP contribution in [0.15, 0.2) is 18.2 Å². The normalized spacial score (nSPS) is 11.2. The number of rotatable bonds is 4. The summed E-state index contributed by atoms with van der Waals surface area (Å²) in [6, 6.07) is 5.44. The molecule has 0 aliphatic carbocycles. The number of para-hydroxylation sites is 1. The van der Waals surface area contributed by atoms with Crippen molar-refractivity contribution in [2.75, 3.05) is 12.3 Å². The first-order chi connectivity index (χ1) is 7.34. The number of nitrogens with two attached hydrogens (primary N) is 1. The average molecular weight is 223 g/mol. The fourth-order valence-corrected chi connectivity index (χ4v) is 1.10. The van der Waals surface area contributed by atoms with Crippen LogP contribution in [0.25, 0.3) is 0 Å². The highest BCUT2D eigenvalue weighted by Crippen LogP contribution is 2.26. The van der Waals surface area contributed by atoms with E-state index in [1.807, 2.05) is 19.1 Å². The van der Waals surface area contributed by atoms with Gasteiger partial charge in [-0.05, 0) is 32.4 Å². The zero-order chi connectivity index (χ0) is 12.3. The minimum Gasteiger partial charge on any atom is -0.490 e. The Morgan fingerprint density at radius 1 is 1.50 bits per heavy atom. The van der Waals surface area contributed by atoms with Gasteiger partial charge in [0.25, 0.3) is 0 Å². The lowest BCUT2D eigenvalue weighted by Gasteiger charge is -2.20. The van der Waals surface area contributed by atoms with Gasteiger partial charge in [0, 0.05) is 0 Å². The molecule has 0 bridgehead atoms. The van der Waals surface area contributed by atoms with E-state index in [2.05, 4.69) is 0 Å². The summed E-state index contributed by atoms with van der Waals surface area (Å²) in [5.41, 5.74) is 6.38. The Morgan fingerprint density at radius 2 is 2.12 bits per heavy atom. The number of aryl methyl sites for hydroxylation is 1. The number of aliphatic carboxylic acids is 1. The van der Waals surface area contributed by atoms with E-state index < -0.39 is 11.4 Å². The third-order valence-electron chi connectivity index (χ3n) is 2.45. The molecule has 1 rings (SSSR count). The number of carbonyl (C=O) groups is 1. The van der Waals surface area contributed by atoms with Gasteiger partial charge in [0.2, 0.25) is 0 Å². The van der Waals surface area contributed by atoms with Crippen molar-refractivity contribution >= 4 is 11.7 Å². The fourth-order valence-electron chi connectivity index (χ4n) is 1.10. The molecule has 0 amide bonds. The molecule has 3 N–H and O–H groups in total. The van der Waals surface area contributed by atoms with Gasteiger partial charge in [0.05, 0.1) is 11.1 Å². The van der Waals surface area contributed by atoms with Gasteiger partial charge in [0.1, 0.15) is 12.4 Å². The van der Waals surface area contributed by atoms with Gasteiger partial charge in [-0.1, -0.05) is 12.1 Å². The van der Waals surface area contributed by atoms with Gasteiger partial charge >= 0.3 is 5.97 Å². The van der Waals surface area contributed by atoms with Crippen LogP contribution in [0, 0.1) is 12.3 Å². The third kappa shape index (κ3) is 2.66. The van der Waals surface area contributed by atoms with Crippen molar-refractivity contribution in [1.82, 2.24) is 0 Å². The molecule has 0 saturated carbocycles. The van der Waals surface area contributed by atoms with E-state index in [4.69, 9.17) is 15.6 Å². The molecule has 0 heterocycles. The summed E-state index contributed by atoms with van der Waals surface area (Å²) in [5.74, 6) is -0.354. The monoisotopic (exact) mass is 223 g/mol. The number of hydrogen-bond acceptors (Lipinski definition) is 3. The molecule has 16 heavy (non-hydrogen) atoms. The maximum absolute atomic E-state index is 10.9. The number of hydrogen-bond donors (Lipinski definition) is 2. The first kappa shape index (κ1) is 12.4. The molecule has 0 aliphatic heterocycles. The maximum Gasteiger partial charge on any atom is 0.312 e. The highest BCUT2D eigenvalue weighted by molar-refractivity contribution is 5.73. The molecule has 0 radical (unpaired) electrons. The Kier molecular flexibility index (Phi) is 3.42. The topological polar surface area (TPSA) is 72.5 Å². The van der Waals surface area contributed by atoms with Crippen LogP contribution < -0.4 is 10.5 Å². The molecule has 4 nitrogen and oxygen atoms in total. The molecule has 0 fully saturated rings. The van der Waals surface area contributed by atoms with Crippen LogP contribution >= 0.6 is 0 Å². The van der Waals surface area contributed by atoms with Crippen molar-refractivity contribution in [2.24, 2.45) is 5.41 Å². The van der Waals surface area contributed by atoms with E-state index in [-0.39, 0.29) is 6.61 Å². The van der Waals surface area contributed by atoms with Crippen molar-refractivity contribution in [3.05, 3.63) is 23.8 Å².